The summed E-state index contributed by atoms with van der Waals surface area (Å²) in [4.78, 5) is 18.5. The number of hydrogen-bond acceptors (Lipinski definition) is 4. The van der Waals surface area contributed by atoms with E-state index in [1.807, 2.05) is 20.8 Å². The van der Waals surface area contributed by atoms with Gasteiger partial charge in [0.2, 0.25) is 0 Å². The average molecular weight is 224 g/mol. The van der Waals surface area contributed by atoms with Gasteiger partial charge in [-0.2, -0.15) is 0 Å². The van der Waals surface area contributed by atoms with E-state index in [0.29, 0.717) is 11.6 Å². The molecule has 16 heavy (non-hydrogen) atoms. The Labute approximate surface area is 94.5 Å². The first-order valence-electron chi connectivity index (χ1n) is 5.16. The number of aromatic carboxylic acids is 1. The van der Waals surface area contributed by atoms with Crippen LogP contribution in [0.15, 0.2) is 12.5 Å². The van der Waals surface area contributed by atoms with E-state index in [0.717, 1.165) is 0 Å². The zero-order valence-electron chi connectivity index (χ0n) is 9.67. The molecule has 0 radical (unpaired) electrons. The van der Waals surface area contributed by atoms with Crippen molar-refractivity contribution >= 4 is 5.97 Å². The van der Waals surface area contributed by atoms with Crippen LogP contribution in [0.1, 0.15) is 36.8 Å². The van der Waals surface area contributed by atoms with Crippen molar-refractivity contribution in [3.8, 4) is 0 Å². The Morgan fingerprint density at radius 1 is 1.50 bits per heavy atom. The monoisotopic (exact) mass is 224 g/mol. The van der Waals surface area contributed by atoms with Crippen molar-refractivity contribution in [2.24, 2.45) is 5.92 Å². The molecule has 0 fully saturated rings. The largest absolute Gasteiger partial charge is 0.478 e. The molecule has 5 heteroatoms. The molecule has 0 aliphatic heterocycles. The van der Waals surface area contributed by atoms with Gasteiger partial charge in [0, 0.05) is 6.20 Å². The highest BCUT2D eigenvalue weighted by atomic mass is 16.5. The Bertz CT molecular complexity index is 366. The number of ether oxygens (including phenoxy) is 1. The Kier molecular flexibility index (Phi) is 4.37. The van der Waals surface area contributed by atoms with E-state index >= 15 is 0 Å². The lowest BCUT2D eigenvalue weighted by molar-refractivity contribution is 0.0209. The molecule has 1 N–H and O–H groups in total. The highest BCUT2D eigenvalue weighted by Gasteiger charge is 2.13. The van der Waals surface area contributed by atoms with Crippen molar-refractivity contribution in [2.75, 3.05) is 0 Å². The summed E-state index contributed by atoms with van der Waals surface area (Å²) in [7, 11) is 0. The summed E-state index contributed by atoms with van der Waals surface area (Å²) < 4.78 is 5.53. The van der Waals surface area contributed by atoms with Crippen molar-refractivity contribution < 1.29 is 14.6 Å². The van der Waals surface area contributed by atoms with E-state index in [1.54, 1.807) is 0 Å². The SMILES string of the molecule is CC(C)C(C)OCc1ncncc1C(=O)O. The molecule has 0 aliphatic carbocycles. The maximum atomic E-state index is 10.9. The van der Waals surface area contributed by atoms with Crippen molar-refractivity contribution in [1.29, 1.82) is 0 Å². The maximum absolute atomic E-state index is 10.9. The third kappa shape index (κ3) is 3.27. The number of hydrogen-bond donors (Lipinski definition) is 1. The third-order valence-corrected chi connectivity index (χ3v) is 2.45. The van der Waals surface area contributed by atoms with Gasteiger partial charge < -0.3 is 9.84 Å². The number of carboxylic acid groups (broad SMARTS) is 1. The van der Waals surface area contributed by atoms with Gasteiger partial charge in [-0.3, -0.25) is 0 Å². The molecule has 1 rings (SSSR count). The van der Waals surface area contributed by atoms with Crippen molar-refractivity contribution in [3.63, 3.8) is 0 Å². The van der Waals surface area contributed by atoms with Gasteiger partial charge in [-0.05, 0) is 12.8 Å². The minimum absolute atomic E-state index is 0.0663. The minimum Gasteiger partial charge on any atom is -0.478 e. The Morgan fingerprint density at radius 2 is 2.19 bits per heavy atom. The number of carboxylic acids is 1. The van der Waals surface area contributed by atoms with Gasteiger partial charge in [0.05, 0.1) is 18.4 Å². The zero-order valence-corrected chi connectivity index (χ0v) is 9.67. The quantitative estimate of drug-likeness (QED) is 0.824. The van der Waals surface area contributed by atoms with E-state index in [9.17, 15) is 4.79 Å². The van der Waals surface area contributed by atoms with Crippen LogP contribution in [0.25, 0.3) is 0 Å². The Hall–Kier alpha value is -1.49. The van der Waals surface area contributed by atoms with Crippen LogP contribution in [-0.2, 0) is 11.3 Å². The van der Waals surface area contributed by atoms with E-state index in [-0.39, 0.29) is 18.3 Å². The molecule has 1 unspecified atom stereocenters. The van der Waals surface area contributed by atoms with Crippen LogP contribution >= 0.6 is 0 Å². The lowest BCUT2D eigenvalue weighted by atomic mass is 10.1. The lowest BCUT2D eigenvalue weighted by Gasteiger charge is -2.16. The zero-order chi connectivity index (χ0) is 12.1. The molecule has 1 aromatic heterocycles. The van der Waals surface area contributed by atoms with Crippen LogP contribution in [-0.4, -0.2) is 27.1 Å². The van der Waals surface area contributed by atoms with Gasteiger partial charge in [-0.1, -0.05) is 13.8 Å². The van der Waals surface area contributed by atoms with Gasteiger partial charge >= 0.3 is 5.97 Å². The molecule has 0 aliphatic rings. The summed E-state index contributed by atoms with van der Waals surface area (Å²) in [5, 5.41) is 8.90. The topological polar surface area (TPSA) is 72.3 Å². The first kappa shape index (κ1) is 12.6. The Balaban J connectivity index is 2.70. The van der Waals surface area contributed by atoms with Crippen LogP contribution in [0.2, 0.25) is 0 Å². The fraction of sp³-hybridized carbons (Fsp3) is 0.545. The molecular formula is C11H16N2O3. The fourth-order valence-corrected chi connectivity index (χ4v) is 1.05. The minimum atomic E-state index is -1.03. The van der Waals surface area contributed by atoms with Crippen LogP contribution in [0, 0.1) is 5.92 Å². The number of aromatic nitrogens is 2. The number of nitrogens with zero attached hydrogens (tertiary/aromatic N) is 2. The summed E-state index contributed by atoms with van der Waals surface area (Å²) >= 11 is 0. The fourth-order valence-electron chi connectivity index (χ4n) is 1.05. The van der Waals surface area contributed by atoms with Crippen molar-refractivity contribution in [3.05, 3.63) is 23.8 Å². The summed E-state index contributed by atoms with van der Waals surface area (Å²) in [6.45, 7) is 6.24. The second-order valence-electron chi connectivity index (χ2n) is 3.95. The highest BCUT2D eigenvalue weighted by molar-refractivity contribution is 5.88. The van der Waals surface area contributed by atoms with Crippen LogP contribution < -0.4 is 0 Å². The molecule has 1 heterocycles. The van der Waals surface area contributed by atoms with E-state index in [1.165, 1.54) is 12.5 Å². The van der Waals surface area contributed by atoms with Crippen LogP contribution in [0.3, 0.4) is 0 Å². The molecular weight excluding hydrogens is 208 g/mol. The molecule has 0 aromatic carbocycles. The highest BCUT2D eigenvalue weighted by Crippen LogP contribution is 2.10. The molecule has 0 bridgehead atoms. The van der Waals surface area contributed by atoms with Crippen LogP contribution in [0.4, 0.5) is 0 Å². The molecule has 88 valence electrons. The number of rotatable bonds is 5. The predicted octanol–water partition coefficient (Wildman–Crippen LogP) is 1.74. The molecule has 0 saturated heterocycles. The van der Waals surface area contributed by atoms with Gasteiger partial charge in [0.15, 0.2) is 0 Å². The van der Waals surface area contributed by atoms with Gasteiger partial charge in [-0.25, -0.2) is 14.8 Å². The smallest absolute Gasteiger partial charge is 0.339 e. The standard InChI is InChI=1S/C11H16N2O3/c1-7(2)8(3)16-5-10-9(11(14)15)4-12-6-13-10/h4,6-8H,5H2,1-3H3,(H,14,15). The first-order chi connectivity index (χ1) is 7.52. The van der Waals surface area contributed by atoms with Crippen molar-refractivity contribution in [1.82, 2.24) is 9.97 Å². The van der Waals surface area contributed by atoms with Gasteiger partial charge in [0.1, 0.15) is 11.9 Å². The van der Waals surface area contributed by atoms with Gasteiger partial charge in [0.25, 0.3) is 0 Å². The average Bonchev–Trinajstić information content (AvgIpc) is 2.25. The molecule has 0 saturated carbocycles. The lowest BCUT2D eigenvalue weighted by Crippen LogP contribution is -2.17. The van der Waals surface area contributed by atoms with Gasteiger partial charge in [-0.15, -0.1) is 0 Å². The summed E-state index contributed by atoms with van der Waals surface area (Å²) in [5.41, 5.74) is 0.508. The molecule has 1 aromatic rings. The second-order valence-corrected chi connectivity index (χ2v) is 3.95. The van der Waals surface area contributed by atoms with E-state index in [4.69, 9.17) is 9.84 Å². The van der Waals surface area contributed by atoms with E-state index in [2.05, 4.69) is 9.97 Å². The normalized spacial score (nSPS) is 12.8. The molecule has 0 spiro atoms. The second kappa shape index (κ2) is 5.55. The Morgan fingerprint density at radius 3 is 2.75 bits per heavy atom. The third-order valence-electron chi connectivity index (χ3n) is 2.45. The van der Waals surface area contributed by atoms with E-state index < -0.39 is 5.97 Å². The molecule has 1 atom stereocenters. The summed E-state index contributed by atoms with van der Waals surface area (Å²) in [5.74, 6) is -0.647. The first-order valence-corrected chi connectivity index (χ1v) is 5.16. The molecule has 0 amide bonds. The maximum Gasteiger partial charge on any atom is 0.339 e. The predicted molar refractivity (Wildman–Crippen MR) is 58.1 cm³/mol. The number of carbonyl (C=O) groups is 1. The van der Waals surface area contributed by atoms with Crippen molar-refractivity contribution in [2.45, 2.75) is 33.5 Å². The van der Waals surface area contributed by atoms with Crippen LogP contribution in [0.5, 0.6) is 0 Å². The molecule has 5 nitrogen and oxygen atoms in total. The summed E-state index contributed by atoms with van der Waals surface area (Å²) in [6, 6.07) is 0. The summed E-state index contributed by atoms with van der Waals surface area (Å²) in [6.07, 6.45) is 2.68.